The predicted octanol–water partition coefficient (Wildman–Crippen LogP) is 0.960. The molecule has 0 aliphatic rings. The lowest BCUT2D eigenvalue weighted by Gasteiger charge is -2.21. The summed E-state index contributed by atoms with van der Waals surface area (Å²) < 4.78 is 35.3. The Kier molecular flexibility index (Phi) is 6.58. The van der Waals surface area contributed by atoms with E-state index >= 15 is 0 Å². The highest BCUT2D eigenvalue weighted by Crippen LogP contribution is 2.12. The van der Waals surface area contributed by atoms with Crippen molar-refractivity contribution in [3.05, 3.63) is 0 Å². The number of aliphatic hydroxyl groups excluding tert-OH is 1. The van der Waals surface area contributed by atoms with Crippen molar-refractivity contribution < 1.29 is 23.1 Å². The summed E-state index contributed by atoms with van der Waals surface area (Å²) in [7, 11) is 0. The van der Waals surface area contributed by atoms with Crippen LogP contribution in [0.5, 0.6) is 0 Å². The lowest BCUT2D eigenvalue weighted by Crippen LogP contribution is -2.48. The standard InChI is InChI=1S/C8H15F3N2O2S/c1-5(6(3-14)16-2)13-7(15)12-4-8(9,10)11/h5-6,14H,3-4H2,1-2H3,(H2,12,13,15)/t5-,6-/m1/s1. The average Bonchev–Trinajstić information content (AvgIpc) is 2.15. The fraction of sp³-hybridized carbons (Fsp3) is 0.875. The van der Waals surface area contributed by atoms with Crippen LogP contribution in [0.3, 0.4) is 0 Å². The minimum Gasteiger partial charge on any atom is -0.395 e. The van der Waals surface area contributed by atoms with E-state index in [0.717, 1.165) is 0 Å². The average molecular weight is 260 g/mol. The Morgan fingerprint density at radius 2 is 2.06 bits per heavy atom. The monoisotopic (exact) mass is 260 g/mol. The molecule has 0 unspecified atom stereocenters. The normalized spacial score (nSPS) is 15.4. The third-order valence-corrected chi connectivity index (χ3v) is 3.01. The van der Waals surface area contributed by atoms with Gasteiger partial charge in [0.2, 0.25) is 0 Å². The lowest BCUT2D eigenvalue weighted by molar-refractivity contribution is -0.122. The van der Waals surface area contributed by atoms with Crippen LogP contribution >= 0.6 is 11.8 Å². The number of hydrogen-bond acceptors (Lipinski definition) is 3. The summed E-state index contributed by atoms with van der Waals surface area (Å²) in [6.07, 6.45) is -2.68. The van der Waals surface area contributed by atoms with E-state index in [-0.39, 0.29) is 11.9 Å². The molecule has 0 fully saturated rings. The van der Waals surface area contributed by atoms with Gasteiger partial charge in [0.25, 0.3) is 0 Å². The largest absolute Gasteiger partial charge is 0.405 e. The van der Waals surface area contributed by atoms with E-state index in [9.17, 15) is 18.0 Å². The molecule has 0 aliphatic heterocycles. The Morgan fingerprint density at radius 3 is 2.44 bits per heavy atom. The molecular weight excluding hydrogens is 245 g/mol. The van der Waals surface area contributed by atoms with E-state index in [1.165, 1.54) is 11.8 Å². The van der Waals surface area contributed by atoms with Crippen LogP contribution in [0.1, 0.15) is 6.92 Å². The van der Waals surface area contributed by atoms with Crippen molar-refractivity contribution in [2.75, 3.05) is 19.4 Å². The third-order valence-electron chi connectivity index (χ3n) is 1.85. The Morgan fingerprint density at radius 1 is 1.50 bits per heavy atom. The Balaban J connectivity index is 3.95. The van der Waals surface area contributed by atoms with Gasteiger partial charge in [-0.3, -0.25) is 0 Å². The molecule has 0 radical (unpaired) electrons. The van der Waals surface area contributed by atoms with Crippen LogP contribution in [0.15, 0.2) is 0 Å². The van der Waals surface area contributed by atoms with Crippen molar-refractivity contribution in [2.45, 2.75) is 24.4 Å². The number of amides is 2. The molecular formula is C8H15F3N2O2S. The molecule has 2 atom stereocenters. The molecule has 96 valence electrons. The van der Waals surface area contributed by atoms with Gasteiger partial charge < -0.3 is 15.7 Å². The third kappa shape index (κ3) is 6.78. The first-order valence-electron chi connectivity index (χ1n) is 4.55. The van der Waals surface area contributed by atoms with Crippen LogP contribution in [-0.2, 0) is 0 Å². The van der Waals surface area contributed by atoms with Gasteiger partial charge in [0.1, 0.15) is 6.54 Å². The first-order valence-corrected chi connectivity index (χ1v) is 5.83. The van der Waals surface area contributed by atoms with E-state index in [4.69, 9.17) is 5.11 Å². The fourth-order valence-electron chi connectivity index (χ4n) is 0.968. The number of hydrogen-bond donors (Lipinski definition) is 3. The summed E-state index contributed by atoms with van der Waals surface area (Å²) in [5, 5.41) is 12.7. The Labute approximate surface area is 96.0 Å². The van der Waals surface area contributed by atoms with Crippen LogP contribution in [0.2, 0.25) is 0 Å². The fourth-order valence-corrected chi connectivity index (χ4v) is 1.59. The van der Waals surface area contributed by atoms with Gasteiger partial charge >= 0.3 is 12.2 Å². The van der Waals surface area contributed by atoms with Crippen molar-refractivity contribution >= 4 is 17.8 Å². The van der Waals surface area contributed by atoms with E-state index < -0.39 is 24.8 Å². The Bertz CT molecular complexity index is 222. The first-order chi connectivity index (χ1) is 7.30. The van der Waals surface area contributed by atoms with Crippen molar-refractivity contribution in [1.29, 1.82) is 0 Å². The van der Waals surface area contributed by atoms with Gasteiger partial charge in [0.05, 0.1) is 6.61 Å². The maximum absolute atomic E-state index is 11.8. The number of alkyl halides is 3. The summed E-state index contributed by atoms with van der Waals surface area (Å²) in [6.45, 7) is 0.0983. The van der Waals surface area contributed by atoms with E-state index in [1.807, 2.05) is 0 Å². The van der Waals surface area contributed by atoms with Crippen molar-refractivity contribution in [2.24, 2.45) is 0 Å². The highest BCUT2D eigenvalue weighted by molar-refractivity contribution is 7.99. The van der Waals surface area contributed by atoms with E-state index in [1.54, 1.807) is 18.5 Å². The number of thioether (sulfide) groups is 1. The van der Waals surface area contributed by atoms with Crippen LogP contribution in [0.4, 0.5) is 18.0 Å². The van der Waals surface area contributed by atoms with Crippen molar-refractivity contribution in [3.8, 4) is 0 Å². The molecule has 0 aromatic carbocycles. The first kappa shape index (κ1) is 15.4. The predicted molar refractivity (Wildman–Crippen MR) is 56.4 cm³/mol. The maximum atomic E-state index is 11.8. The number of urea groups is 1. The van der Waals surface area contributed by atoms with Gasteiger partial charge in [0, 0.05) is 11.3 Å². The minimum absolute atomic E-state index is 0.151. The van der Waals surface area contributed by atoms with Gasteiger partial charge in [-0.25, -0.2) is 4.79 Å². The maximum Gasteiger partial charge on any atom is 0.405 e. The van der Waals surface area contributed by atoms with Crippen molar-refractivity contribution in [1.82, 2.24) is 10.6 Å². The molecule has 0 rings (SSSR count). The van der Waals surface area contributed by atoms with Crippen LogP contribution in [0, 0.1) is 0 Å². The number of aliphatic hydroxyl groups is 1. The molecule has 0 heterocycles. The van der Waals surface area contributed by atoms with Crippen molar-refractivity contribution in [3.63, 3.8) is 0 Å². The second-order valence-corrected chi connectivity index (χ2v) is 4.26. The number of carbonyl (C=O) groups excluding carboxylic acids is 1. The molecule has 2 amide bonds. The van der Waals surface area contributed by atoms with Crippen LogP contribution in [0.25, 0.3) is 0 Å². The number of carbonyl (C=O) groups is 1. The summed E-state index contributed by atoms with van der Waals surface area (Å²) in [4.78, 5) is 11.0. The molecule has 0 saturated heterocycles. The number of rotatable bonds is 5. The smallest absolute Gasteiger partial charge is 0.395 e. The molecule has 16 heavy (non-hydrogen) atoms. The summed E-state index contributed by atoms with van der Waals surface area (Å²) in [6, 6.07) is -1.30. The molecule has 3 N–H and O–H groups in total. The summed E-state index contributed by atoms with van der Waals surface area (Å²) >= 11 is 1.33. The molecule has 0 aromatic heterocycles. The highest BCUT2D eigenvalue weighted by Gasteiger charge is 2.28. The Hall–Kier alpha value is -0.630. The number of nitrogens with one attached hydrogen (secondary N) is 2. The van der Waals surface area contributed by atoms with Crippen LogP contribution in [-0.4, -0.2) is 48.0 Å². The molecule has 8 heteroatoms. The second kappa shape index (κ2) is 6.85. The molecule has 4 nitrogen and oxygen atoms in total. The quantitative estimate of drug-likeness (QED) is 0.690. The summed E-state index contributed by atoms with van der Waals surface area (Å²) in [5.41, 5.74) is 0. The van der Waals surface area contributed by atoms with Gasteiger partial charge in [-0.1, -0.05) is 0 Å². The van der Waals surface area contributed by atoms with Gasteiger partial charge in [0.15, 0.2) is 0 Å². The van der Waals surface area contributed by atoms with E-state index in [2.05, 4.69) is 5.32 Å². The van der Waals surface area contributed by atoms with Gasteiger partial charge in [-0.15, -0.1) is 0 Å². The lowest BCUT2D eigenvalue weighted by atomic mass is 10.2. The molecule has 0 saturated carbocycles. The second-order valence-electron chi connectivity index (χ2n) is 3.19. The van der Waals surface area contributed by atoms with Gasteiger partial charge in [-0.2, -0.15) is 24.9 Å². The molecule has 0 aliphatic carbocycles. The highest BCUT2D eigenvalue weighted by atomic mass is 32.2. The topological polar surface area (TPSA) is 61.4 Å². The molecule has 0 spiro atoms. The molecule has 0 aromatic rings. The van der Waals surface area contributed by atoms with Crippen LogP contribution < -0.4 is 10.6 Å². The summed E-state index contributed by atoms with van der Waals surface area (Å²) in [5.74, 6) is 0. The molecule has 0 bridgehead atoms. The zero-order valence-electron chi connectivity index (χ0n) is 8.97. The number of halogens is 3. The minimum atomic E-state index is -4.42. The van der Waals surface area contributed by atoms with Gasteiger partial charge in [-0.05, 0) is 13.2 Å². The zero-order valence-corrected chi connectivity index (χ0v) is 9.78. The SMILES string of the molecule is CS[C@H](CO)[C@@H](C)NC(=O)NCC(F)(F)F. The zero-order chi connectivity index (χ0) is 12.8. The van der Waals surface area contributed by atoms with E-state index in [0.29, 0.717) is 0 Å².